The number of amides is 1. The lowest BCUT2D eigenvalue weighted by Gasteiger charge is -2.46. The smallest absolute Gasteiger partial charge is 0.220 e. The van der Waals surface area contributed by atoms with Gasteiger partial charge in [0.25, 0.3) is 0 Å². The first-order valence-corrected chi connectivity index (χ1v) is 33.1. The number of carbonyl (C=O) groups is 1. The van der Waals surface area contributed by atoms with Crippen molar-refractivity contribution in [1.29, 1.82) is 0 Å². The number of carbonyl (C=O) groups excluding carboxylic acids is 1. The number of rotatable bonds is 52. The minimum absolute atomic E-state index is 0.257. The molecule has 0 bridgehead atoms. The average molecular weight is 1180 g/mol. The Labute approximate surface area is 508 Å². The summed E-state index contributed by atoms with van der Waals surface area (Å²) in [6.07, 6.45) is 60.7. The molecule has 2 fully saturated rings. The maximum atomic E-state index is 13.2. The van der Waals surface area contributed by atoms with Gasteiger partial charge in [0.2, 0.25) is 5.91 Å². The van der Waals surface area contributed by atoms with Crippen molar-refractivity contribution in [2.45, 2.75) is 306 Å². The number of allylic oxidation sites excluding steroid dienone is 17. The standard InChI is InChI=1S/C70H119NO13/c1-3-5-7-9-11-13-14-15-16-17-18-19-20-21-22-23-24-25-26-27-28-29-30-31-32-33-34-35-36-37-38-39-40-41-42-43-44-46-48-50-52-54-62(75)71-58(59(74)53-51-49-47-45-12-10-8-6-4-2)57-81-69-67(80)65(78)68(61(56-73)83-69)84-70-66(79)64(77)63(76)60(55-72)82-70/h4-7,11-13,15-16,18-19,21-22,24-25,45,51,53,58-61,63-70,72-74,76-80H,3,8-10,14,17,20,23,26-44,46-50,52,54-57H2,1-2H3,(H,71,75)/b6-4+,7-5-,13-11-,16-15-,19-18-,22-21-,25-24-,45-12+,53-51+. The van der Waals surface area contributed by atoms with Gasteiger partial charge in [-0.05, 0) is 90.4 Å². The third kappa shape index (κ3) is 38.0. The van der Waals surface area contributed by atoms with Gasteiger partial charge in [-0.1, -0.05) is 245 Å². The number of hydrogen-bond acceptors (Lipinski definition) is 13. The van der Waals surface area contributed by atoms with Gasteiger partial charge in [-0.25, -0.2) is 0 Å². The molecule has 0 saturated carbocycles. The van der Waals surface area contributed by atoms with Gasteiger partial charge in [-0.15, -0.1) is 0 Å². The van der Waals surface area contributed by atoms with Crippen LogP contribution in [0.3, 0.4) is 0 Å². The summed E-state index contributed by atoms with van der Waals surface area (Å²) >= 11 is 0. The largest absolute Gasteiger partial charge is 0.394 e. The van der Waals surface area contributed by atoms with Gasteiger partial charge in [0.15, 0.2) is 12.6 Å². The van der Waals surface area contributed by atoms with Gasteiger partial charge in [0, 0.05) is 6.42 Å². The van der Waals surface area contributed by atoms with Gasteiger partial charge < -0.3 is 65.1 Å². The number of aliphatic hydroxyl groups is 8. The lowest BCUT2D eigenvalue weighted by atomic mass is 9.97. The Kier molecular flexibility index (Phi) is 49.2. The normalized spacial score (nSPS) is 24.4. The van der Waals surface area contributed by atoms with Crippen molar-refractivity contribution < 1.29 is 64.6 Å². The average Bonchev–Trinajstić information content (AvgIpc) is 2.95. The molecule has 0 radical (unpaired) electrons. The van der Waals surface area contributed by atoms with E-state index in [4.69, 9.17) is 18.9 Å². The van der Waals surface area contributed by atoms with Crippen LogP contribution in [0.1, 0.15) is 232 Å². The van der Waals surface area contributed by atoms with Crippen LogP contribution in [0, 0.1) is 0 Å². The third-order valence-corrected chi connectivity index (χ3v) is 15.5. The van der Waals surface area contributed by atoms with Crippen LogP contribution in [0.5, 0.6) is 0 Å². The molecule has 14 heteroatoms. The molecule has 14 nitrogen and oxygen atoms in total. The maximum Gasteiger partial charge on any atom is 0.220 e. The summed E-state index contributed by atoms with van der Waals surface area (Å²) in [6, 6.07) is -0.939. The highest BCUT2D eigenvalue weighted by molar-refractivity contribution is 5.76. The predicted octanol–water partition coefficient (Wildman–Crippen LogP) is 12.8. The lowest BCUT2D eigenvalue weighted by Crippen LogP contribution is -2.65. The van der Waals surface area contributed by atoms with Crippen molar-refractivity contribution in [3.8, 4) is 0 Å². The molecule has 0 spiro atoms. The van der Waals surface area contributed by atoms with Crippen molar-refractivity contribution in [2.24, 2.45) is 0 Å². The third-order valence-electron chi connectivity index (χ3n) is 15.5. The Hall–Kier alpha value is -3.35. The summed E-state index contributed by atoms with van der Waals surface area (Å²) in [5.41, 5.74) is 0. The molecule has 2 aliphatic heterocycles. The van der Waals surface area contributed by atoms with Crippen LogP contribution in [0.2, 0.25) is 0 Å². The number of ether oxygens (including phenoxy) is 4. The van der Waals surface area contributed by atoms with E-state index in [-0.39, 0.29) is 18.9 Å². The van der Waals surface area contributed by atoms with Crippen LogP contribution in [-0.2, 0) is 23.7 Å². The molecule has 84 heavy (non-hydrogen) atoms. The molecule has 0 aliphatic carbocycles. The fraction of sp³-hybridized carbons (Fsp3) is 0.729. The monoisotopic (exact) mass is 1180 g/mol. The van der Waals surface area contributed by atoms with Crippen LogP contribution in [-0.4, -0.2) is 140 Å². The molecule has 12 unspecified atom stereocenters. The molecular formula is C70H119NO13. The van der Waals surface area contributed by atoms with E-state index in [1.165, 1.54) is 122 Å². The quantitative estimate of drug-likeness (QED) is 0.0204. The molecule has 0 aromatic heterocycles. The molecule has 12 atom stereocenters. The van der Waals surface area contributed by atoms with Crippen molar-refractivity contribution in [1.82, 2.24) is 5.32 Å². The number of nitrogens with one attached hydrogen (secondary N) is 1. The molecule has 482 valence electrons. The van der Waals surface area contributed by atoms with E-state index in [9.17, 15) is 45.6 Å². The Morgan fingerprint density at radius 2 is 0.845 bits per heavy atom. The van der Waals surface area contributed by atoms with Crippen molar-refractivity contribution in [2.75, 3.05) is 19.8 Å². The second-order valence-electron chi connectivity index (χ2n) is 22.9. The van der Waals surface area contributed by atoms with Gasteiger partial charge in [-0.3, -0.25) is 4.79 Å². The zero-order valence-corrected chi connectivity index (χ0v) is 52.1. The van der Waals surface area contributed by atoms with E-state index in [2.05, 4.69) is 103 Å². The van der Waals surface area contributed by atoms with Crippen LogP contribution >= 0.6 is 0 Å². The molecule has 0 aromatic carbocycles. The molecular weight excluding hydrogens is 1060 g/mol. The highest BCUT2D eigenvalue weighted by atomic mass is 16.7. The van der Waals surface area contributed by atoms with Gasteiger partial charge in [0.05, 0.1) is 32.0 Å². The number of aliphatic hydroxyl groups excluding tert-OH is 8. The SMILES string of the molecule is C/C=C/CC/C=C/CC/C=C/C(O)C(COC1OC(CO)C(OC2OC(CO)C(O)C(O)C2O)C(O)C1O)NC(=O)CCCCCCCCCCCCCCCCCCCCCCCC/C=C\C/C=C\C/C=C\C/C=C\C/C=C\C/C=C\CC. The van der Waals surface area contributed by atoms with E-state index < -0.39 is 86.8 Å². The predicted molar refractivity (Wildman–Crippen MR) is 341 cm³/mol. The number of unbranched alkanes of at least 4 members (excludes halogenated alkanes) is 24. The highest BCUT2D eigenvalue weighted by Gasteiger charge is 2.51. The summed E-state index contributed by atoms with van der Waals surface area (Å²) in [5, 5.41) is 86.8. The first-order valence-electron chi connectivity index (χ1n) is 33.1. The van der Waals surface area contributed by atoms with E-state index >= 15 is 0 Å². The molecule has 1 amide bonds. The van der Waals surface area contributed by atoms with Crippen LogP contribution in [0.25, 0.3) is 0 Å². The lowest BCUT2D eigenvalue weighted by molar-refractivity contribution is -0.359. The Bertz CT molecular complexity index is 1820. The van der Waals surface area contributed by atoms with E-state index in [1.807, 2.05) is 19.1 Å². The first kappa shape index (κ1) is 76.7. The summed E-state index contributed by atoms with van der Waals surface area (Å²) in [7, 11) is 0. The van der Waals surface area contributed by atoms with Crippen LogP contribution in [0.15, 0.2) is 109 Å². The van der Waals surface area contributed by atoms with Crippen molar-refractivity contribution in [3.63, 3.8) is 0 Å². The molecule has 2 saturated heterocycles. The minimum Gasteiger partial charge on any atom is -0.394 e. The fourth-order valence-corrected chi connectivity index (χ4v) is 10.3. The van der Waals surface area contributed by atoms with Crippen LogP contribution < -0.4 is 5.32 Å². The second-order valence-corrected chi connectivity index (χ2v) is 22.9. The van der Waals surface area contributed by atoms with E-state index in [0.29, 0.717) is 12.8 Å². The Morgan fingerprint density at radius 3 is 1.31 bits per heavy atom. The van der Waals surface area contributed by atoms with Gasteiger partial charge in [-0.2, -0.15) is 0 Å². The van der Waals surface area contributed by atoms with Gasteiger partial charge in [0.1, 0.15) is 48.8 Å². The highest BCUT2D eigenvalue weighted by Crippen LogP contribution is 2.30. The minimum atomic E-state index is -1.79. The number of hydrogen-bond donors (Lipinski definition) is 9. The maximum absolute atomic E-state index is 13.2. The summed E-state index contributed by atoms with van der Waals surface area (Å²) in [5.74, 6) is -0.257. The molecule has 2 rings (SSSR count). The second kappa shape index (κ2) is 53.9. The van der Waals surface area contributed by atoms with E-state index in [0.717, 1.165) is 77.0 Å². The van der Waals surface area contributed by atoms with Gasteiger partial charge >= 0.3 is 0 Å². The molecule has 0 aromatic rings. The Morgan fingerprint density at radius 1 is 0.452 bits per heavy atom. The zero-order valence-electron chi connectivity index (χ0n) is 52.1. The molecule has 2 aliphatic rings. The summed E-state index contributed by atoms with van der Waals surface area (Å²) in [4.78, 5) is 13.2. The summed E-state index contributed by atoms with van der Waals surface area (Å²) < 4.78 is 22.7. The molecule has 9 N–H and O–H groups in total. The van der Waals surface area contributed by atoms with Crippen molar-refractivity contribution >= 4 is 5.91 Å². The first-order chi connectivity index (χ1) is 41.1. The zero-order chi connectivity index (χ0) is 60.9. The van der Waals surface area contributed by atoms with Crippen LogP contribution in [0.4, 0.5) is 0 Å². The van der Waals surface area contributed by atoms with Crippen molar-refractivity contribution in [3.05, 3.63) is 109 Å². The fourth-order valence-electron chi connectivity index (χ4n) is 10.3. The van der Waals surface area contributed by atoms with E-state index in [1.54, 1.807) is 6.08 Å². The Balaban J connectivity index is 1.52. The topological polar surface area (TPSA) is 228 Å². The molecule has 2 heterocycles. The summed E-state index contributed by atoms with van der Waals surface area (Å²) in [6.45, 7) is 2.41.